The molecule has 4 nitrogen and oxygen atoms in total. The van der Waals surface area contributed by atoms with Gasteiger partial charge in [0, 0.05) is 6.20 Å². The van der Waals surface area contributed by atoms with Crippen molar-refractivity contribution in [3.63, 3.8) is 0 Å². The predicted octanol–water partition coefficient (Wildman–Crippen LogP) is 2.30. The highest BCUT2D eigenvalue weighted by molar-refractivity contribution is 5.94. The maximum atomic E-state index is 11.1. The fraction of sp³-hybridized carbons (Fsp3) is 0.385. The van der Waals surface area contributed by atoms with E-state index >= 15 is 0 Å². The lowest BCUT2D eigenvalue weighted by molar-refractivity contribution is 0.0697. The molecule has 17 heavy (non-hydrogen) atoms. The summed E-state index contributed by atoms with van der Waals surface area (Å²) in [5, 5.41) is 12.1. The Balaban J connectivity index is 3.02. The Morgan fingerprint density at radius 2 is 2.41 bits per heavy atom. The summed E-state index contributed by atoms with van der Waals surface area (Å²) in [6.45, 7) is 3.76. The highest BCUT2D eigenvalue weighted by atomic mass is 16.4. The first-order valence-electron chi connectivity index (χ1n) is 5.51. The quantitative estimate of drug-likeness (QED) is 0.765. The highest BCUT2D eigenvalue weighted by Crippen LogP contribution is 2.18. The van der Waals surface area contributed by atoms with Crippen LogP contribution in [-0.2, 0) is 0 Å². The third-order valence-corrected chi connectivity index (χ3v) is 2.46. The molecule has 0 aliphatic heterocycles. The zero-order valence-corrected chi connectivity index (χ0v) is 10.0. The van der Waals surface area contributed by atoms with Gasteiger partial charge in [-0.3, -0.25) is 0 Å². The van der Waals surface area contributed by atoms with Gasteiger partial charge in [-0.05, 0) is 25.0 Å². The molecule has 4 heteroatoms. The highest BCUT2D eigenvalue weighted by Gasteiger charge is 2.16. The average molecular weight is 232 g/mol. The van der Waals surface area contributed by atoms with E-state index in [4.69, 9.17) is 11.5 Å². The third kappa shape index (κ3) is 3.22. The van der Waals surface area contributed by atoms with E-state index in [0.717, 1.165) is 12.8 Å². The van der Waals surface area contributed by atoms with Crippen LogP contribution in [0.5, 0.6) is 0 Å². The van der Waals surface area contributed by atoms with Crippen molar-refractivity contribution in [1.82, 2.24) is 4.98 Å². The summed E-state index contributed by atoms with van der Waals surface area (Å²) in [7, 11) is 0. The first-order valence-corrected chi connectivity index (χ1v) is 5.51. The first-order chi connectivity index (χ1) is 8.10. The lowest BCUT2D eigenvalue weighted by atomic mass is 10.1. The summed E-state index contributed by atoms with van der Waals surface area (Å²) in [5.41, 5.74) is 0.853. The summed E-state index contributed by atoms with van der Waals surface area (Å²) in [6, 6.07) is 1.48. The molecule has 0 amide bonds. The first kappa shape index (κ1) is 13.0. The number of hydrogen-bond donors (Lipinski definition) is 2. The number of terminal acetylenes is 1. The van der Waals surface area contributed by atoms with Crippen LogP contribution in [0, 0.1) is 19.3 Å². The Kier molecular flexibility index (Phi) is 4.53. The van der Waals surface area contributed by atoms with Crippen LogP contribution in [0.3, 0.4) is 0 Å². The zero-order valence-electron chi connectivity index (χ0n) is 10.0. The number of aryl methyl sites for hydroxylation is 1. The molecule has 1 heterocycles. The summed E-state index contributed by atoms with van der Waals surface area (Å²) >= 11 is 0. The number of aromatic nitrogens is 1. The van der Waals surface area contributed by atoms with Crippen molar-refractivity contribution in [3.8, 4) is 12.3 Å². The predicted molar refractivity (Wildman–Crippen MR) is 67.1 cm³/mol. The Bertz CT molecular complexity index is 449. The Morgan fingerprint density at radius 3 is 2.94 bits per heavy atom. The fourth-order valence-electron chi connectivity index (χ4n) is 1.59. The molecule has 1 aromatic heterocycles. The van der Waals surface area contributed by atoms with Crippen molar-refractivity contribution >= 4 is 11.8 Å². The average Bonchev–Trinajstić information content (AvgIpc) is 2.28. The maximum Gasteiger partial charge on any atom is 0.339 e. The van der Waals surface area contributed by atoms with E-state index in [2.05, 4.69) is 16.2 Å². The lowest BCUT2D eigenvalue weighted by Gasteiger charge is -2.15. The maximum absolute atomic E-state index is 11.1. The SMILES string of the molecule is C#CC(CCC)Nc1nccc(C)c1C(=O)O. The van der Waals surface area contributed by atoms with E-state index in [0.29, 0.717) is 11.4 Å². The van der Waals surface area contributed by atoms with E-state index in [9.17, 15) is 4.79 Å². The molecular weight excluding hydrogens is 216 g/mol. The van der Waals surface area contributed by atoms with Crippen LogP contribution >= 0.6 is 0 Å². The number of anilines is 1. The third-order valence-electron chi connectivity index (χ3n) is 2.46. The molecule has 0 radical (unpaired) electrons. The van der Waals surface area contributed by atoms with Gasteiger partial charge in [-0.15, -0.1) is 6.42 Å². The van der Waals surface area contributed by atoms with Crippen molar-refractivity contribution < 1.29 is 9.90 Å². The molecule has 0 aliphatic carbocycles. The summed E-state index contributed by atoms with van der Waals surface area (Å²) < 4.78 is 0. The number of aromatic carboxylic acids is 1. The molecule has 1 rings (SSSR count). The summed E-state index contributed by atoms with van der Waals surface area (Å²) in [6.07, 6.45) is 8.67. The van der Waals surface area contributed by atoms with Crippen LogP contribution in [0.15, 0.2) is 12.3 Å². The molecule has 0 saturated carbocycles. The number of hydrogen-bond acceptors (Lipinski definition) is 3. The summed E-state index contributed by atoms with van der Waals surface area (Å²) in [5.74, 6) is 1.94. The fourth-order valence-corrected chi connectivity index (χ4v) is 1.59. The molecule has 0 spiro atoms. The van der Waals surface area contributed by atoms with Crippen molar-refractivity contribution in [2.45, 2.75) is 32.7 Å². The van der Waals surface area contributed by atoms with Gasteiger partial charge in [-0.1, -0.05) is 19.3 Å². The van der Waals surface area contributed by atoms with Crippen LogP contribution < -0.4 is 5.32 Å². The van der Waals surface area contributed by atoms with E-state index in [-0.39, 0.29) is 11.6 Å². The van der Waals surface area contributed by atoms with Crippen molar-refractivity contribution in [3.05, 3.63) is 23.4 Å². The van der Waals surface area contributed by atoms with Gasteiger partial charge in [0.05, 0.1) is 6.04 Å². The molecule has 90 valence electrons. The van der Waals surface area contributed by atoms with Gasteiger partial charge in [-0.25, -0.2) is 9.78 Å². The normalized spacial score (nSPS) is 11.6. The van der Waals surface area contributed by atoms with Crippen LogP contribution in [0.1, 0.15) is 35.7 Å². The second-order valence-corrected chi connectivity index (χ2v) is 3.81. The smallest absolute Gasteiger partial charge is 0.339 e. The van der Waals surface area contributed by atoms with Gasteiger partial charge in [0.25, 0.3) is 0 Å². The molecule has 0 fully saturated rings. The Labute approximate surface area is 101 Å². The van der Waals surface area contributed by atoms with Crippen molar-refractivity contribution in [2.24, 2.45) is 0 Å². The molecule has 0 aliphatic rings. The van der Waals surface area contributed by atoms with Crippen LogP contribution in [0.2, 0.25) is 0 Å². The molecular formula is C13H16N2O2. The van der Waals surface area contributed by atoms with Gasteiger partial charge < -0.3 is 10.4 Å². The van der Waals surface area contributed by atoms with Crippen LogP contribution in [-0.4, -0.2) is 22.1 Å². The summed E-state index contributed by atoms with van der Waals surface area (Å²) in [4.78, 5) is 15.2. The number of nitrogens with one attached hydrogen (secondary N) is 1. The minimum Gasteiger partial charge on any atom is -0.478 e. The monoisotopic (exact) mass is 232 g/mol. The standard InChI is InChI=1S/C13H16N2O2/c1-4-6-10(5-2)15-12-11(13(16)17)9(3)7-8-14-12/h2,7-8,10H,4,6H2,1,3H3,(H,14,15)(H,16,17). The number of rotatable bonds is 5. The van der Waals surface area contributed by atoms with Gasteiger partial charge in [0.1, 0.15) is 11.4 Å². The molecule has 0 aromatic carbocycles. The molecule has 2 N–H and O–H groups in total. The largest absolute Gasteiger partial charge is 0.478 e. The topological polar surface area (TPSA) is 62.2 Å². The molecule has 1 atom stereocenters. The van der Waals surface area contributed by atoms with Gasteiger partial charge in [0.2, 0.25) is 0 Å². The van der Waals surface area contributed by atoms with Crippen molar-refractivity contribution in [2.75, 3.05) is 5.32 Å². The molecule has 0 bridgehead atoms. The van der Waals surface area contributed by atoms with E-state index in [1.807, 2.05) is 6.92 Å². The second-order valence-electron chi connectivity index (χ2n) is 3.81. The van der Waals surface area contributed by atoms with Gasteiger partial charge in [-0.2, -0.15) is 0 Å². The van der Waals surface area contributed by atoms with E-state index < -0.39 is 5.97 Å². The van der Waals surface area contributed by atoms with Crippen molar-refractivity contribution in [1.29, 1.82) is 0 Å². The number of carboxylic acids is 1. The molecule has 1 unspecified atom stereocenters. The minimum absolute atomic E-state index is 0.184. The number of pyridine rings is 1. The van der Waals surface area contributed by atoms with Gasteiger partial charge >= 0.3 is 5.97 Å². The van der Waals surface area contributed by atoms with E-state index in [1.165, 1.54) is 0 Å². The molecule has 0 saturated heterocycles. The number of carbonyl (C=O) groups is 1. The van der Waals surface area contributed by atoms with Crippen LogP contribution in [0.4, 0.5) is 5.82 Å². The zero-order chi connectivity index (χ0) is 12.8. The minimum atomic E-state index is -0.995. The van der Waals surface area contributed by atoms with Gasteiger partial charge in [0.15, 0.2) is 0 Å². The second kappa shape index (κ2) is 5.90. The Hall–Kier alpha value is -2.02. The Morgan fingerprint density at radius 1 is 1.71 bits per heavy atom. The molecule has 1 aromatic rings. The number of nitrogens with zero attached hydrogens (tertiary/aromatic N) is 1. The lowest BCUT2D eigenvalue weighted by Crippen LogP contribution is -2.20. The van der Waals surface area contributed by atoms with E-state index in [1.54, 1.807) is 19.2 Å². The number of carboxylic acid groups (broad SMARTS) is 1. The van der Waals surface area contributed by atoms with Crippen LogP contribution in [0.25, 0.3) is 0 Å².